The van der Waals surface area contributed by atoms with Crippen LogP contribution in [0.15, 0.2) is 48.6 Å². The number of phosphoric ester groups is 1. The Bertz CT molecular complexity index is 775. The second kappa shape index (κ2) is 23.1. The average Bonchev–Trinajstić information content (AvgIpc) is 2.87. The molecule has 212 valence electrons. The molecule has 0 radical (unpaired) electrons. The largest absolute Gasteiger partial charge is 0.472 e. The summed E-state index contributed by atoms with van der Waals surface area (Å²) in [5.41, 5.74) is 0. The van der Waals surface area contributed by atoms with E-state index in [1.165, 1.54) is 0 Å². The van der Waals surface area contributed by atoms with Gasteiger partial charge < -0.3 is 24.6 Å². The lowest BCUT2D eigenvalue weighted by atomic mass is 10.2. The van der Waals surface area contributed by atoms with Gasteiger partial charge in [0.05, 0.1) is 26.4 Å². The fourth-order valence-electron chi connectivity index (χ4n) is 2.63. The minimum Gasteiger partial charge on any atom is -0.457 e. The Hall–Kier alpha value is -2.07. The van der Waals surface area contributed by atoms with Crippen LogP contribution in [0, 0.1) is 0 Å². The van der Waals surface area contributed by atoms with Gasteiger partial charge in [0.25, 0.3) is 0 Å². The van der Waals surface area contributed by atoms with Gasteiger partial charge in [-0.15, -0.1) is 0 Å². The van der Waals surface area contributed by atoms with Crippen LogP contribution in [0.5, 0.6) is 0 Å². The van der Waals surface area contributed by atoms with E-state index in [9.17, 15) is 29.3 Å². The predicted octanol–water partition coefficient (Wildman–Crippen LogP) is 4.31. The predicted molar refractivity (Wildman–Crippen MR) is 141 cm³/mol. The van der Waals surface area contributed by atoms with Crippen LogP contribution in [0.2, 0.25) is 0 Å². The summed E-state index contributed by atoms with van der Waals surface area (Å²) < 4.78 is 31.4. The van der Waals surface area contributed by atoms with E-state index in [4.69, 9.17) is 18.5 Å². The van der Waals surface area contributed by atoms with Gasteiger partial charge >= 0.3 is 19.8 Å². The van der Waals surface area contributed by atoms with Crippen molar-refractivity contribution in [1.82, 2.24) is 0 Å². The molecule has 0 spiro atoms. The fourth-order valence-corrected chi connectivity index (χ4v) is 3.42. The average molecular weight is 547 g/mol. The van der Waals surface area contributed by atoms with Crippen molar-refractivity contribution in [2.45, 2.75) is 77.4 Å². The number of carbonyl (C=O) groups is 2. The molecular weight excluding hydrogens is 503 g/mol. The van der Waals surface area contributed by atoms with Crippen molar-refractivity contribution < 1.29 is 47.8 Å². The molecule has 3 N–H and O–H groups in total. The first kappa shape index (κ1) is 34.9. The van der Waals surface area contributed by atoms with Gasteiger partial charge in [0.1, 0.15) is 12.2 Å². The summed E-state index contributed by atoms with van der Waals surface area (Å²) in [5.74, 6) is -1.17. The van der Waals surface area contributed by atoms with Crippen molar-refractivity contribution in [3.05, 3.63) is 48.6 Å². The zero-order valence-electron chi connectivity index (χ0n) is 21.9. The molecule has 0 heterocycles. The molecule has 0 aromatic carbocycles. The first-order valence-electron chi connectivity index (χ1n) is 12.6. The van der Waals surface area contributed by atoms with E-state index in [0.29, 0.717) is 12.8 Å². The van der Waals surface area contributed by atoms with Crippen LogP contribution < -0.4 is 0 Å². The Morgan fingerprint density at radius 1 is 0.730 bits per heavy atom. The number of ether oxygens (including phenoxy) is 2. The molecule has 0 aliphatic rings. The molecule has 0 fully saturated rings. The molecule has 0 aliphatic heterocycles. The van der Waals surface area contributed by atoms with Crippen molar-refractivity contribution in [3.8, 4) is 0 Å². The van der Waals surface area contributed by atoms with Crippen LogP contribution in [0.4, 0.5) is 0 Å². The Morgan fingerprint density at radius 3 is 1.59 bits per heavy atom. The van der Waals surface area contributed by atoms with Gasteiger partial charge in [-0.1, -0.05) is 62.5 Å². The van der Waals surface area contributed by atoms with Crippen molar-refractivity contribution in [3.63, 3.8) is 0 Å². The molecule has 0 bridgehead atoms. The molecule has 0 saturated carbocycles. The number of rotatable bonds is 22. The lowest BCUT2D eigenvalue weighted by molar-refractivity contribution is -0.153. The first-order valence-corrected chi connectivity index (χ1v) is 14.1. The number of allylic oxidation sites excluding steroid dienone is 8. The summed E-state index contributed by atoms with van der Waals surface area (Å²) in [6.07, 6.45) is 18.9. The molecule has 11 heteroatoms. The Kier molecular flexibility index (Phi) is 21.8. The third-order valence-electron chi connectivity index (χ3n) is 4.54. The van der Waals surface area contributed by atoms with Crippen LogP contribution in [-0.2, 0) is 32.7 Å². The zero-order valence-corrected chi connectivity index (χ0v) is 22.8. The molecule has 10 nitrogen and oxygen atoms in total. The van der Waals surface area contributed by atoms with Crippen LogP contribution in [0.25, 0.3) is 0 Å². The van der Waals surface area contributed by atoms with E-state index in [-0.39, 0.29) is 12.8 Å². The van der Waals surface area contributed by atoms with Crippen molar-refractivity contribution >= 4 is 19.8 Å². The molecule has 0 rings (SSSR count). The summed E-state index contributed by atoms with van der Waals surface area (Å²) in [7, 11) is -4.61. The molecule has 37 heavy (non-hydrogen) atoms. The quantitative estimate of drug-likeness (QED) is 0.102. The topological polar surface area (TPSA) is 149 Å². The minimum absolute atomic E-state index is 0.0688. The van der Waals surface area contributed by atoms with Gasteiger partial charge in [0.15, 0.2) is 0 Å². The Labute approximate surface area is 220 Å². The number of carbonyl (C=O) groups excluding carboxylic acids is 2. The summed E-state index contributed by atoms with van der Waals surface area (Å²) >= 11 is 0. The Morgan fingerprint density at radius 2 is 1.16 bits per heavy atom. The number of phosphoric acid groups is 1. The highest BCUT2D eigenvalue weighted by molar-refractivity contribution is 7.47. The molecule has 0 aromatic heterocycles. The monoisotopic (exact) mass is 546 g/mol. The van der Waals surface area contributed by atoms with Gasteiger partial charge in [0.2, 0.25) is 0 Å². The summed E-state index contributed by atoms with van der Waals surface area (Å²) in [5, 5.41) is 18.6. The summed E-state index contributed by atoms with van der Waals surface area (Å²) in [6.45, 7) is 1.49. The van der Waals surface area contributed by atoms with E-state index in [2.05, 4.69) is 37.3 Å². The normalized spacial score (nSPS) is 15.5. The molecule has 3 unspecified atom stereocenters. The third-order valence-corrected chi connectivity index (χ3v) is 5.49. The zero-order chi connectivity index (χ0) is 27.8. The molecular formula is C26H43O10P. The van der Waals surface area contributed by atoms with Crippen LogP contribution in [0.3, 0.4) is 0 Å². The lowest BCUT2D eigenvalue weighted by Crippen LogP contribution is -2.28. The molecule has 0 aliphatic carbocycles. The van der Waals surface area contributed by atoms with E-state index in [0.717, 1.165) is 25.7 Å². The highest BCUT2D eigenvalue weighted by atomic mass is 31.2. The maximum Gasteiger partial charge on any atom is 0.472 e. The second-order valence-corrected chi connectivity index (χ2v) is 9.39. The highest BCUT2D eigenvalue weighted by Gasteiger charge is 2.27. The fraction of sp³-hybridized carbons (Fsp3) is 0.615. The second-order valence-electron chi connectivity index (χ2n) is 7.94. The van der Waals surface area contributed by atoms with Gasteiger partial charge in [-0.05, 0) is 38.5 Å². The molecule has 0 amide bonds. The molecule has 3 atom stereocenters. The highest BCUT2D eigenvalue weighted by Crippen LogP contribution is 2.43. The maximum atomic E-state index is 12.0. The molecule has 0 aromatic rings. The number of hydrogen-bond donors (Lipinski definition) is 3. The number of aliphatic hydroxyl groups excluding tert-OH is 2. The van der Waals surface area contributed by atoms with Crippen LogP contribution in [-0.4, -0.2) is 65.7 Å². The number of esters is 2. The number of hydrogen-bond acceptors (Lipinski definition) is 9. The summed E-state index contributed by atoms with van der Waals surface area (Å²) in [4.78, 5) is 33.2. The summed E-state index contributed by atoms with van der Waals surface area (Å²) in [6, 6.07) is 0. The smallest absolute Gasteiger partial charge is 0.457 e. The number of aliphatic hydroxyl groups is 2. The van der Waals surface area contributed by atoms with Gasteiger partial charge in [0, 0.05) is 12.8 Å². The van der Waals surface area contributed by atoms with Gasteiger partial charge in [-0.2, -0.15) is 0 Å². The minimum atomic E-state index is -4.61. The van der Waals surface area contributed by atoms with Gasteiger partial charge in [-0.25, -0.2) is 4.57 Å². The van der Waals surface area contributed by atoms with Gasteiger partial charge in [-0.3, -0.25) is 18.6 Å². The van der Waals surface area contributed by atoms with Crippen molar-refractivity contribution in [2.75, 3.05) is 26.4 Å². The standard InChI is InChI=1S/C26H43O10P/c1-3-5-6-7-8-9-10-11-12-13-14-15-16-18-26(30)36-24(20-28)22-34-37(31,32)33-21-23(19-27)35-25(29)17-4-2/h5-6,8-9,11-12,14-15,23-24,27-28H,3-4,7,10,13,16-22H2,1-2H3,(H,31,32)/b6-5-,9-8-,12-11-,15-14-. The third kappa shape index (κ3) is 21.7. The maximum absolute atomic E-state index is 12.0. The lowest BCUT2D eigenvalue weighted by Gasteiger charge is -2.20. The van der Waals surface area contributed by atoms with E-state index >= 15 is 0 Å². The van der Waals surface area contributed by atoms with E-state index < -0.39 is 58.4 Å². The molecule has 0 saturated heterocycles. The SMILES string of the molecule is CC/C=C\C/C=C\C/C=C\C/C=C\CCC(=O)OC(CO)COP(=O)(O)OCC(CO)OC(=O)CCC. The van der Waals surface area contributed by atoms with Crippen molar-refractivity contribution in [2.24, 2.45) is 0 Å². The van der Waals surface area contributed by atoms with E-state index in [1.807, 2.05) is 18.2 Å². The first-order chi connectivity index (χ1) is 17.8. The van der Waals surface area contributed by atoms with E-state index in [1.54, 1.807) is 6.92 Å². The van der Waals surface area contributed by atoms with Crippen molar-refractivity contribution in [1.29, 1.82) is 0 Å². The Balaban J connectivity index is 4.19. The van der Waals surface area contributed by atoms with Crippen LogP contribution in [0.1, 0.15) is 65.2 Å². The van der Waals surface area contributed by atoms with Crippen LogP contribution >= 0.6 is 7.82 Å².